The number of rotatable bonds is 5. The maximum atomic E-state index is 10.1. The number of hydrogen-bond acceptors (Lipinski definition) is 3. The first-order valence-electron chi connectivity index (χ1n) is 4.99. The number of hydrogen-bond donors (Lipinski definition) is 1. The van der Waals surface area contributed by atoms with E-state index in [1.807, 2.05) is 19.9 Å². The lowest BCUT2D eigenvalue weighted by atomic mass is 10.0. The predicted octanol–water partition coefficient (Wildman–Crippen LogP) is 3.53. The summed E-state index contributed by atoms with van der Waals surface area (Å²) in [6.07, 6.45) is 0.502. The molecule has 1 aromatic heterocycles. The van der Waals surface area contributed by atoms with E-state index in [1.165, 1.54) is 4.88 Å². The Kier molecular flexibility index (Phi) is 5.26. The van der Waals surface area contributed by atoms with Gasteiger partial charge in [-0.2, -0.15) is 0 Å². The second kappa shape index (κ2) is 5.99. The minimum absolute atomic E-state index is 0.231. The zero-order valence-corrected chi connectivity index (χ0v) is 11.7. The smallest absolute Gasteiger partial charge is 0.0908 e. The van der Waals surface area contributed by atoms with Crippen LogP contribution in [0.1, 0.15) is 29.2 Å². The summed E-state index contributed by atoms with van der Waals surface area (Å²) in [6, 6.07) is 2.01. The van der Waals surface area contributed by atoms with Crippen LogP contribution in [0.25, 0.3) is 0 Å². The summed E-state index contributed by atoms with van der Waals surface area (Å²) in [5.41, 5.74) is 0. The second-order valence-corrected chi connectivity index (χ2v) is 5.90. The molecule has 0 aromatic carbocycles. The Labute approximate surface area is 103 Å². The Balaban J connectivity index is 2.62. The molecule has 2 nitrogen and oxygen atoms in total. The Morgan fingerprint density at radius 2 is 2.27 bits per heavy atom. The Morgan fingerprint density at radius 3 is 2.73 bits per heavy atom. The highest BCUT2D eigenvalue weighted by molar-refractivity contribution is 9.10. The third kappa shape index (κ3) is 3.55. The molecule has 0 fully saturated rings. The number of thiophene rings is 1. The molecule has 0 amide bonds. The quantitative estimate of drug-likeness (QED) is 0.900. The van der Waals surface area contributed by atoms with Crippen molar-refractivity contribution >= 4 is 27.3 Å². The number of aryl methyl sites for hydroxylation is 1. The standard InChI is InChI=1S/C11H17BrO2S/c1-7(4-5-14-3)11(13)10-6-9(12)8(2)15-10/h6-7,11,13H,4-5H2,1-3H3. The second-order valence-electron chi connectivity index (χ2n) is 3.76. The summed E-state index contributed by atoms with van der Waals surface area (Å²) in [4.78, 5) is 2.24. The molecular formula is C11H17BrO2S. The van der Waals surface area contributed by atoms with Gasteiger partial charge in [-0.05, 0) is 41.3 Å². The van der Waals surface area contributed by atoms with Gasteiger partial charge < -0.3 is 9.84 Å². The van der Waals surface area contributed by atoms with Crippen LogP contribution in [-0.4, -0.2) is 18.8 Å². The van der Waals surface area contributed by atoms with Crippen molar-refractivity contribution in [3.63, 3.8) is 0 Å². The van der Waals surface area contributed by atoms with E-state index in [0.29, 0.717) is 6.61 Å². The zero-order valence-electron chi connectivity index (χ0n) is 9.29. The average molecular weight is 293 g/mol. The molecule has 1 heterocycles. The zero-order chi connectivity index (χ0) is 11.4. The SMILES string of the molecule is COCCC(C)C(O)c1cc(Br)c(C)s1. The monoisotopic (exact) mass is 292 g/mol. The van der Waals surface area contributed by atoms with Crippen LogP contribution in [0.15, 0.2) is 10.5 Å². The van der Waals surface area contributed by atoms with Crippen LogP contribution in [0.2, 0.25) is 0 Å². The molecule has 1 N–H and O–H groups in total. The lowest BCUT2D eigenvalue weighted by molar-refractivity contribution is 0.0911. The van der Waals surface area contributed by atoms with Gasteiger partial charge in [-0.1, -0.05) is 6.92 Å². The average Bonchev–Trinajstić information content (AvgIpc) is 2.54. The fourth-order valence-electron chi connectivity index (χ4n) is 1.37. The molecule has 0 bridgehead atoms. The van der Waals surface area contributed by atoms with Crippen LogP contribution < -0.4 is 0 Å². The molecule has 0 spiro atoms. The van der Waals surface area contributed by atoms with E-state index in [9.17, 15) is 5.11 Å². The normalized spacial score (nSPS) is 15.3. The van der Waals surface area contributed by atoms with Crippen molar-refractivity contribution in [1.29, 1.82) is 0 Å². The molecule has 0 saturated heterocycles. The number of ether oxygens (including phenoxy) is 1. The molecular weight excluding hydrogens is 276 g/mol. The first kappa shape index (κ1) is 13.2. The van der Waals surface area contributed by atoms with Crippen LogP contribution >= 0.6 is 27.3 Å². The highest BCUT2D eigenvalue weighted by Gasteiger charge is 2.18. The van der Waals surface area contributed by atoms with Crippen LogP contribution in [0.3, 0.4) is 0 Å². The first-order valence-corrected chi connectivity index (χ1v) is 6.60. The minimum atomic E-state index is -0.379. The summed E-state index contributed by atoms with van der Waals surface area (Å²) < 4.78 is 6.09. The van der Waals surface area contributed by atoms with Gasteiger partial charge in [0.05, 0.1) is 6.10 Å². The molecule has 0 aliphatic rings. The van der Waals surface area contributed by atoms with Crippen LogP contribution in [0.4, 0.5) is 0 Å². The highest BCUT2D eigenvalue weighted by Crippen LogP contribution is 2.34. The summed E-state index contributed by atoms with van der Waals surface area (Å²) in [6.45, 7) is 4.79. The third-order valence-corrected chi connectivity index (χ3v) is 4.69. The minimum Gasteiger partial charge on any atom is -0.387 e. The van der Waals surface area contributed by atoms with Gasteiger partial charge >= 0.3 is 0 Å². The highest BCUT2D eigenvalue weighted by atomic mass is 79.9. The number of methoxy groups -OCH3 is 1. The lowest BCUT2D eigenvalue weighted by Gasteiger charge is -2.16. The van der Waals surface area contributed by atoms with Crippen LogP contribution in [0.5, 0.6) is 0 Å². The van der Waals surface area contributed by atoms with E-state index < -0.39 is 0 Å². The molecule has 0 radical (unpaired) electrons. The van der Waals surface area contributed by atoms with E-state index in [2.05, 4.69) is 15.9 Å². The van der Waals surface area contributed by atoms with Gasteiger partial charge in [-0.15, -0.1) is 11.3 Å². The van der Waals surface area contributed by atoms with Crippen molar-refractivity contribution in [3.05, 3.63) is 20.3 Å². The maximum Gasteiger partial charge on any atom is 0.0908 e. The molecule has 86 valence electrons. The number of aliphatic hydroxyl groups excluding tert-OH is 1. The third-order valence-electron chi connectivity index (χ3n) is 2.48. The van der Waals surface area contributed by atoms with Crippen LogP contribution in [0, 0.1) is 12.8 Å². The summed E-state index contributed by atoms with van der Waals surface area (Å²) in [5, 5.41) is 10.1. The molecule has 0 aliphatic heterocycles. The fourth-order valence-corrected chi connectivity index (χ4v) is 3.05. The molecule has 1 rings (SSSR count). The Bertz CT molecular complexity index is 292. The van der Waals surface area contributed by atoms with E-state index in [1.54, 1.807) is 18.4 Å². The fraction of sp³-hybridized carbons (Fsp3) is 0.636. The summed E-state index contributed by atoms with van der Waals surface area (Å²) in [5.74, 6) is 0.231. The van der Waals surface area contributed by atoms with Crippen molar-refractivity contribution in [3.8, 4) is 0 Å². The Morgan fingerprint density at radius 1 is 1.60 bits per heavy atom. The van der Waals surface area contributed by atoms with Gasteiger partial charge in [0, 0.05) is 27.9 Å². The van der Waals surface area contributed by atoms with Crippen LogP contribution in [-0.2, 0) is 4.74 Å². The topological polar surface area (TPSA) is 29.5 Å². The van der Waals surface area contributed by atoms with E-state index in [4.69, 9.17) is 4.74 Å². The first-order chi connectivity index (χ1) is 7.06. The molecule has 2 unspecified atom stereocenters. The van der Waals surface area contributed by atoms with Gasteiger partial charge in [0.25, 0.3) is 0 Å². The van der Waals surface area contributed by atoms with Crippen molar-refractivity contribution in [2.75, 3.05) is 13.7 Å². The molecule has 15 heavy (non-hydrogen) atoms. The Hall–Kier alpha value is 0.1000. The van der Waals surface area contributed by atoms with Gasteiger partial charge in [0.2, 0.25) is 0 Å². The summed E-state index contributed by atoms with van der Waals surface area (Å²) >= 11 is 5.11. The molecule has 1 aromatic rings. The lowest BCUT2D eigenvalue weighted by Crippen LogP contribution is -2.10. The predicted molar refractivity (Wildman–Crippen MR) is 67.4 cm³/mol. The summed E-state index contributed by atoms with van der Waals surface area (Å²) in [7, 11) is 1.69. The number of halogens is 1. The van der Waals surface area contributed by atoms with Gasteiger partial charge in [-0.25, -0.2) is 0 Å². The molecule has 2 atom stereocenters. The van der Waals surface area contributed by atoms with Gasteiger partial charge in [-0.3, -0.25) is 0 Å². The molecule has 0 aliphatic carbocycles. The van der Waals surface area contributed by atoms with E-state index >= 15 is 0 Å². The largest absolute Gasteiger partial charge is 0.387 e. The van der Waals surface area contributed by atoms with Crippen molar-refractivity contribution in [2.45, 2.75) is 26.4 Å². The maximum absolute atomic E-state index is 10.1. The van der Waals surface area contributed by atoms with E-state index in [-0.39, 0.29) is 12.0 Å². The van der Waals surface area contributed by atoms with Gasteiger partial charge in [0.1, 0.15) is 0 Å². The number of aliphatic hydroxyl groups is 1. The van der Waals surface area contributed by atoms with Gasteiger partial charge in [0.15, 0.2) is 0 Å². The molecule has 0 saturated carbocycles. The molecule has 4 heteroatoms. The van der Waals surface area contributed by atoms with Crippen molar-refractivity contribution in [2.24, 2.45) is 5.92 Å². The van der Waals surface area contributed by atoms with Crippen molar-refractivity contribution < 1.29 is 9.84 Å². The van der Waals surface area contributed by atoms with E-state index in [0.717, 1.165) is 15.8 Å². The van der Waals surface area contributed by atoms with Crippen molar-refractivity contribution in [1.82, 2.24) is 0 Å².